The first-order valence-corrected chi connectivity index (χ1v) is 11.3. The summed E-state index contributed by atoms with van der Waals surface area (Å²) in [5.74, 6) is 0.288. The van der Waals surface area contributed by atoms with E-state index in [0.29, 0.717) is 27.3 Å². The fourth-order valence-corrected chi connectivity index (χ4v) is 4.04. The summed E-state index contributed by atoms with van der Waals surface area (Å²) >= 11 is 1.25. The molecule has 1 saturated heterocycles. The van der Waals surface area contributed by atoms with Crippen LogP contribution < -0.4 is 24.6 Å². The lowest BCUT2D eigenvalue weighted by atomic mass is 10.1. The van der Waals surface area contributed by atoms with E-state index in [1.165, 1.54) is 31.0 Å². The predicted octanol–water partition coefficient (Wildman–Crippen LogP) is 3.54. The highest BCUT2D eigenvalue weighted by molar-refractivity contribution is 8.18. The van der Waals surface area contributed by atoms with E-state index in [2.05, 4.69) is 10.3 Å². The number of hydrogen-bond acceptors (Lipinski definition) is 8. The Hall–Kier alpha value is -4.24. The van der Waals surface area contributed by atoms with Crippen LogP contribution in [0.3, 0.4) is 0 Å². The minimum absolute atomic E-state index is 0.106. The number of carbonyl (C=O) groups is 2. The van der Waals surface area contributed by atoms with Gasteiger partial charge in [0.05, 0.1) is 30.8 Å². The van der Waals surface area contributed by atoms with Crippen LogP contribution in [0.25, 0.3) is 6.08 Å². The van der Waals surface area contributed by atoms with Gasteiger partial charge in [-0.15, -0.1) is 0 Å². The van der Waals surface area contributed by atoms with Crippen LogP contribution in [-0.2, 0) is 11.4 Å². The number of rotatable bonds is 8. The second kappa shape index (κ2) is 10.8. The quantitative estimate of drug-likeness (QED) is 0.482. The van der Waals surface area contributed by atoms with Gasteiger partial charge in [0.2, 0.25) is 0 Å². The average molecular weight is 490 g/mol. The highest BCUT2D eigenvalue weighted by Gasteiger charge is 2.24. The maximum atomic E-state index is 12.4. The Labute approximate surface area is 206 Å². The van der Waals surface area contributed by atoms with Gasteiger partial charge in [0, 0.05) is 0 Å². The Morgan fingerprint density at radius 1 is 1.00 bits per heavy atom. The first-order chi connectivity index (χ1) is 16.9. The highest BCUT2D eigenvalue weighted by Crippen LogP contribution is 2.33. The van der Waals surface area contributed by atoms with E-state index in [0.717, 1.165) is 16.9 Å². The van der Waals surface area contributed by atoms with E-state index in [1.807, 2.05) is 18.2 Å². The molecule has 1 aliphatic heterocycles. The number of carbonyl (C=O) groups excluding carboxylic acids is 2. The van der Waals surface area contributed by atoms with Gasteiger partial charge in [-0.05, 0) is 70.9 Å². The van der Waals surface area contributed by atoms with Crippen molar-refractivity contribution < 1.29 is 28.9 Å². The number of carboxylic acids is 1. The van der Waals surface area contributed by atoms with Crippen LogP contribution in [0.2, 0.25) is 0 Å². The topological polar surface area (TPSA) is 109 Å². The van der Waals surface area contributed by atoms with Crippen LogP contribution in [0.15, 0.2) is 76.6 Å². The monoisotopic (exact) mass is 489 g/mol. The molecule has 0 aromatic heterocycles. The molecule has 1 N–H and O–H groups in total. The number of amidine groups is 1. The Morgan fingerprint density at radius 3 is 2.40 bits per heavy atom. The molecule has 0 unspecified atom stereocenters. The molecule has 1 fully saturated rings. The molecule has 1 heterocycles. The molecular formula is C26H21N2O6S-. The molecule has 1 aliphatic rings. The summed E-state index contributed by atoms with van der Waals surface area (Å²) in [4.78, 5) is 28.3. The van der Waals surface area contributed by atoms with E-state index >= 15 is 0 Å². The van der Waals surface area contributed by atoms with Crippen molar-refractivity contribution in [2.75, 3.05) is 14.2 Å². The summed E-state index contributed by atoms with van der Waals surface area (Å²) in [6, 6.07) is 18.8. The number of aliphatic imine (C=N–C) groups is 1. The van der Waals surface area contributed by atoms with Gasteiger partial charge in [-0.3, -0.25) is 4.79 Å². The molecular weight excluding hydrogens is 468 g/mol. The summed E-state index contributed by atoms with van der Waals surface area (Å²) in [5.41, 5.74) is 2.36. The second-order valence-corrected chi connectivity index (χ2v) is 8.39. The number of aromatic carboxylic acids is 1. The fraction of sp³-hybridized carbons (Fsp3) is 0.115. The molecule has 0 aliphatic carbocycles. The van der Waals surface area contributed by atoms with Gasteiger partial charge in [-0.25, -0.2) is 4.99 Å². The van der Waals surface area contributed by atoms with E-state index in [1.54, 1.807) is 49.6 Å². The summed E-state index contributed by atoms with van der Waals surface area (Å²) < 4.78 is 16.4. The Kier molecular flexibility index (Phi) is 7.37. The zero-order valence-corrected chi connectivity index (χ0v) is 19.8. The number of hydrogen-bond donors (Lipinski definition) is 1. The molecule has 0 saturated carbocycles. The maximum Gasteiger partial charge on any atom is 0.264 e. The van der Waals surface area contributed by atoms with E-state index < -0.39 is 5.97 Å². The second-order valence-electron chi connectivity index (χ2n) is 7.36. The van der Waals surface area contributed by atoms with Crippen molar-refractivity contribution in [3.63, 3.8) is 0 Å². The standard InChI is InChI=1S/C26H22N2O6S/c1-32-20-10-8-19(9-11-20)27-26-28-24(29)23(35-26)14-17-5-12-21(22(13-17)33-2)34-15-16-3-6-18(7-4-16)25(30)31/h3-14H,15H2,1-2H3,(H,30,31)(H,27,28,29)/p-1/b23-14-. The third-order valence-electron chi connectivity index (χ3n) is 5.02. The van der Waals surface area contributed by atoms with Crippen LogP contribution >= 0.6 is 11.8 Å². The van der Waals surface area contributed by atoms with Gasteiger partial charge in [0.1, 0.15) is 12.4 Å². The number of nitrogens with zero attached hydrogens (tertiary/aromatic N) is 1. The Balaban J connectivity index is 1.45. The smallest absolute Gasteiger partial charge is 0.264 e. The molecule has 3 aromatic carbocycles. The third kappa shape index (κ3) is 6.01. The minimum atomic E-state index is -1.22. The molecule has 0 spiro atoms. The SMILES string of the molecule is COc1ccc(N=C2NC(=O)/C(=C/c3ccc(OCc4ccc(C(=O)[O-])cc4)c(OC)c3)S2)cc1. The van der Waals surface area contributed by atoms with Crippen molar-refractivity contribution in [1.29, 1.82) is 0 Å². The number of carboxylic acid groups (broad SMARTS) is 1. The molecule has 1 amide bonds. The lowest BCUT2D eigenvalue weighted by molar-refractivity contribution is -0.255. The summed E-state index contributed by atoms with van der Waals surface area (Å²) in [7, 11) is 3.13. The van der Waals surface area contributed by atoms with Gasteiger partial charge in [0.15, 0.2) is 16.7 Å². The van der Waals surface area contributed by atoms with Crippen molar-refractivity contribution >= 4 is 40.6 Å². The van der Waals surface area contributed by atoms with Crippen molar-refractivity contribution in [3.8, 4) is 17.2 Å². The molecule has 35 heavy (non-hydrogen) atoms. The zero-order chi connectivity index (χ0) is 24.8. The number of ether oxygens (including phenoxy) is 3. The summed E-state index contributed by atoms with van der Waals surface area (Å²) in [6.07, 6.45) is 1.75. The van der Waals surface area contributed by atoms with Crippen LogP contribution in [0.5, 0.6) is 17.2 Å². The number of amides is 1. The first-order valence-electron chi connectivity index (χ1n) is 10.5. The van der Waals surface area contributed by atoms with E-state index in [9.17, 15) is 14.7 Å². The number of methoxy groups -OCH3 is 2. The first kappa shape index (κ1) is 23.9. The van der Waals surface area contributed by atoms with Gasteiger partial charge in [-0.2, -0.15) is 0 Å². The van der Waals surface area contributed by atoms with Crippen LogP contribution in [0.1, 0.15) is 21.5 Å². The molecule has 8 nitrogen and oxygen atoms in total. The predicted molar refractivity (Wildman–Crippen MR) is 132 cm³/mol. The van der Waals surface area contributed by atoms with Crippen LogP contribution in [0, 0.1) is 0 Å². The molecule has 0 bridgehead atoms. The van der Waals surface area contributed by atoms with Crippen molar-refractivity contribution in [1.82, 2.24) is 5.32 Å². The average Bonchev–Trinajstić information content (AvgIpc) is 3.21. The van der Waals surface area contributed by atoms with Gasteiger partial charge >= 0.3 is 0 Å². The third-order valence-corrected chi connectivity index (χ3v) is 5.93. The Bertz CT molecular complexity index is 1300. The highest BCUT2D eigenvalue weighted by atomic mass is 32.2. The van der Waals surface area contributed by atoms with Gasteiger partial charge < -0.3 is 29.4 Å². The lowest BCUT2D eigenvalue weighted by Gasteiger charge is -2.12. The molecule has 3 aromatic rings. The zero-order valence-electron chi connectivity index (χ0n) is 18.9. The van der Waals surface area contributed by atoms with Crippen molar-refractivity contribution in [2.45, 2.75) is 6.61 Å². The Morgan fingerprint density at radius 2 is 1.74 bits per heavy atom. The molecule has 4 rings (SSSR count). The number of thioether (sulfide) groups is 1. The van der Waals surface area contributed by atoms with E-state index in [-0.39, 0.29) is 18.1 Å². The number of benzene rings is 3. The lowest BCUT2D eigenvalue weighted by Crippen LogP contribution is -2.22. The molecule has 0 radical (unpaired) electrons. The van der Waals surface area contributed by atoms with E-state index in [4.69, 9.17) is 14.2 Å². The minimum Gasteiger partial charge on any atom is -0.545 e. The van der Waals surface area contributed by atoms with Gasteiger partial charge in [0.25, 0.3) is 5.91 Å². The van der Waals surface area contributed by atoms with Crippen LogP contribution in [0.4, 0.5) is 5.69 Å². The molecule has 178 valence electrons. The molecule has 9 heteroatoms. The summed E-state index contributed by atoms with van der Waals surface area (Å²) in [6.45, 7) is 0.230. The van der Waals surface area contributed by atoms with Crippen LogP contribution in [-0.4, -0.2) is 31.3 Å². The summed E-state index contributed by atoms with van der Waals surface area (Å²) in [5, 5.41) is 14.1. The maximum absolute atomic E-state index is 12.4. The largest absolute Gasteiger partial charge is 0.545 e. The fourth-order valence-electron chi connectivity index (χ4n) is 3.20. The number of nitrogens with one attached hydrogen (secondary N) is 1. The van der Waals surface area contributed by atoms with Crippen molar-refractivity contribution in [3.05, 3.63) is 88.3 Å². The van der Waals surface area contributed by atoms with Gasteiger partial charge in [-0.1, -0.05) is 30.3 Å². The normalized spacial score (nSPS) is 15.2. The van der Waals surface area contributed by atoms with Crippen molar-refractivity contribution in [2.24, 2.45) is 4.99 Å². The molecule has 0 atom stereocenters.